The van der Waals surface area contributed by atoms with E-state index >= 15 is 0 Å². The Bertz CT molecular complexity index is 790. The molecule has 0 unspecified atom stereocenters. The molecule has 0 radical (unpaired) electrons. The van der Waals surface area contributed by atoms with Crippen molar-refractivity contribution in [1.29, 1.82) is 0 Å². The number of aliphatic hydroxyl groups is 1. The molecule has 0 aliphatic rings. The number of hydrogen-bond acceptors (Lipinski definition) is 4. The van der Waals surface area contributed by atoms with Gasteiger partial charge in [-0.15, -0.1) is 0 Å². The van der Waals surface area contributed by atoms with Gasteiger partial charge in [-0.2, -0.15) is 4.72 Å². The third-order valence-electron chi connectivity index (χ3n) is 3.39. The molecule has 2 rings (SSSR count). The average Bonchev–Trinajstić information content (AvgIpc) is 2.54. The van der Waals surface area contributed by atoms with Gasteiger partial charge in [0.2, 0.25) is 15.9 Å². The summed E-state index contributed by atoms with van der Waals surface area (Å²) in [5.74, 6) is -0.428. The molecule has 1 atom stereocenters. The summed E-state index contributed by atoms with van der Waals surface area (Å²) in [4.78, 5) is 11.9. The van der Waals surface area contributed by atoms with Gasteiger partial charge in [0.1, 0.15) is 0 Å². The van der Waals surface area contributed by atoms with Crippen LogP contribution in [0.25, 0.3) is 10.8 Å². The van der Waals surface area contributed by atoms with Gasteiger partial charge in [0.15, 0.2) is 0 Å². The molecule has 0 aliphatic carbocycles. The van der Waals surface area contributed by atoms with Crippen LogP contribution in [0.5, 0.6) is 0 Å². The lowest BCUT2D eigenvalue weighted by molar-refractivity contribution is -0.122. The first-order chi connectivity index (χ1) is 10.9. The Morgan fingerprint density at radius 3 is 2.57 bits per heavy atom. The first-order valence-corrected chi connectivity index (χ1v) is 8.82. The second-order valence-electron chi connectivity index (χ2n) is 5.22. The standard InChI is InChI=1S/C16H20N2O4S/c1-12(16(20)17-9-4-10-19)18-23(21,22)15-8-7-13-5-2-3-6-14(13)11-15/h2-3,5-8,11-12,18-19H,4,9-10H2,1H3,(H,17,20)/t12-/m1/s1. The van der Waals surface area contributed by atoms with Crippen LogP contribution in [-0.2, 0) is 14.8 Å². The maximum Gasteiger partial charge on any atom is 0.241 e. The summed E-state index contributed by atoms with van der Waals surface area (Å²) in [6.07, 6.45) is 0.426. The highest BCUT2D eigenvalue weighted by molar-refractivity contribution is 7.89. The summed E-state index contributed by atoms with van der Waals surface area (Å²) in [6.45, 7) is 1.75. The molecule has 6 nitrogen and oxygen atoms in total. The fraction of sp³-hybridized carbons (Fsp3) is 0.312. The lowest BCUT2D eigenvalue weighted by Crippen LogP contribution is -2.45. The van der Waals surface area contributed by atoms with Crippen LogP contribution in [0.4, 0.5) is 0 Å². The smallest absolute Gasteiger partial charge is 0.241 e. The Morgan fingerprint density at radius 2 is 1.87 bits per heavy atom. The van der Waals surface area contributed by atoms with Crippen LogP contribution in [0.1, 0.15) is 13.3 Å². The fourth-order valence-electron chi connectivity index (χ4n) is 2.13. The largest absolute Gasteiger partial charge is 0.396 e. The molecule has 0 saturated heterocycles. The van der Waals surface area contributed by atoms with E-state index in [4.69, 9.17) is 5.11 Å². The van der Waals surface area contributed by atoms with Crippen molar-refractivity contribution in [3.05, 3.63) is 42.5 Å². The molecule has 124 valence electrons. The highest BCUT2D eigenvalue weighted by Crippen LogP contribution is 2.19. The van der Waals surface area contributed by atoms with Gasteiger partial charge >= 0.3 is 0 Å². The fourth-order valence-corrected chi connectivity index (χ4v) is 3.37. The van der Waals surface area contributed by atoms with Crippen molar-refractivity contribution in [2.75, 3.05) is 13.2 Å². The lowest BCUT2D eigenvalue weighted by Gasteiger charge is -2.14. The number of aliphatic hydroxyl groups excluding tert-OH is 1. The highest BCUT2D eigenvalue weighted by atomic mass is 32.2. The van der Waals surface area contributed by atoms with Crippen LogP contribution >= 0.6 is 0 Å². The van der Waals surface area contributed by atoms with Gasteiger partial charge in [-0.1, -0.05) is 30.3 Å². The number of nitrogens with one attached hydrogen (secondary N) is 2. The molecular formula is C16H20N2O4S. The summed E-state index contributed by atoms with van der Waals surface area (Å²) >= 11 is 0. The molecule has 0 fully saturated rings. The van der Waals surface area contributed by atoms with Crippen LogP contribution in [-0.4, -0.2) is 38.6 Å². The summed E-state index contributed by atoms with van der Waals surface area (Å²) in [7, 11) is -3.79. The van der Waals surface area contributed by atoms with Crippen molar-refractivity contribution in [3.63, 3.8) is 0 Å². The average molecular weight is 336 g/mol. The van der Waals surface area contributed by atoms with Crippen LogP contribution in [0.2, 0.25) is 0 Å². The van der Waals surface area contributed by atoms with Gasteiger partial charge in [0.05, 0.1) is 10.9 Å². The van der Waals surface area contributed by atoms with Crippen molar-refractivity contribution < 1.29 is 18.3 Å². The van der Waals surface area contributed by atoms with Gasteiger partial charge in [0, 0.05) is 13.2 Å². The van der Waals surface area contributed by atoms with E-state index in [0.717, 1.165) is 10.8 Å². The summed E-state index contributed by atoms with van der Waals surface area (Å²) in [6, 6.07) is 11.4. The molecule has 7 heteroatoms. The van der Waals surface area contributed by atoms with Crippen molar-refractivity contribution in [2.24, 2.45) is 0 Å². The molecule has 0 saturated carbocycles. The van der Waals surface area contributed by atoms with Crippen molar-refractivity contribution in [2.45, 2.75) is 24.3 Å². The Hall–Kier alpha value is -1.96. The minimum Gasteiger partial charge on any atom is -0.396 e. The quantitative estimate of drug-likeness (QED) is 0.658. The Kier molecular flexibility index (Phi) is 5.70. The summed E-state index contributed by atoms with van der Waals surface area (Å²) < 4.78 is 27.1. The minimum absolute atomic E-state index is 0.0303. The monoisotopic (exact) mass is 336 g/mol. The van der Waals surface area contributed by atoms with Crippen LogP contribution in [0, 0.1) is 0 Å². The van der Waals surface area contributed by atoms with Crippen molar-refractivity contribution in [3.8, 4) is 0 Å². The van der Waals surface area contributed by atoms with Crippen molar-refractivity contribution >= 4 is 26.7 Å². The zero-order valence-electron chi connectivity index (χ0n) is 12.8. The van der Waals surface area contributed by atoms with Crippen LogP contribution in [0.3, 0.4) is 0 Å². The molecular weight excluding hydrogens is 316 g/mol. The number of amides is 1. The van der Waals surface area contributed by atoms with Gasteiger partial charge in [0.25, 0.3) is 0 Å². The molecule has 0 heterocycles. The van der Waals surface area contributed by atoms with E-state index in [1.54, 1.807) is 12.1 Å². The topological polar surface area (TPSA) is 95.5 Å². The Labute approximate surface area is 135 Å². The number of rotatable bonds is 7. The molecule has 2 aromatic carbocycles. The van der Waals surface area contributed by atoms with Crippen LogP contribution in [0.15, 0.2) is 47.4 Å². The summed E-state index contributed by atoms with van der Waals surface area (Å²) in [5, 5.41) is 13.0. The van der Waals surface area contributed by atoms with Gasteiger partial charge in [-0.25, -0.2) is 8.42 Å². The Balaban J connectivity index is 2.12. The molecule has 2 aromatic rings. The molecule has 0 aromatic heterocycles. The van der Waals surface area contributed by atoms with Crippen molar-refractivity contribution in [1.82, 2.24) is 10.0 Å². The molecule has 0 bridgehead atoms. The zero-order valence-corrected chi connectivity index (χ0v) is 13.6. The highest BCUT2D eigenvalue weighted by Gasteiger charge is 2.21. The number of fused-ring (bicyclic) bond motifs is 1. The van der Waals surface area contributed by atoms with E-state index in [2.05, 4.69) is 10.0 Å². The number of benzene rings is 2. The second-order valence-corrected chi connectivity index (χ2v) is 6.93. The van der Waals surface area contributed by atoms with Gasteiger partial charge < -0.3 is 10.4 Å². The van der Waals surface area contributed by atoms with E-state index in [1.807, 2.05) is 24.3 Å². The first kappa shape index (κ1) is 17.4. The van der Waals surface area contributed by atoms with E-state index in [9.17, 15) is 13.2 Å². The third kappa shape index (κ3) is 4.51. The van der Waals surface area contributed by atoms with E-state index in [-0.39, 0.29) is 11.5 Å². The van der Waals surface area contributed by atoms with Gasteiger partial charge in [-0.3, -0.25) is 4.79 Å². The number of sulfonamides is 1. The van der Waals surface area contributed by atoms with E-state index < -0.39 is 22.0 Å². The maximum absolute atomic E-state index is 12.4. The molecule has 0 spiro atoms. The molecule has 23 heavy (non-hydrogen) atoms. The number of hydrogen-bond donors (Lipinski definition) is 3. The number of carbonyl (C=O) groups excluding carboxylic acids is 1. The molecule has 1 amide bonds. The van der Waals surface area contributed by atoms with Gasteiger partial charge in [-0.05, 0) is 36.2 Å². The van der Waals surface area contributed by atoms with E-state index in [1.165, 1.54) is 13.0 Å². The Morgan fingerprint density at radius 1 is 1.17 bits per heavy atom. The molecule has 0 aliphatic heterocycles. The second kappa shape index (κ2) is 7.54. The molecule has 3 N–H and O–H groups in total. The summed E-state index contributed by atoms with van der Waals surface area (Å²) in [5.41, 5.74) is 0. The predicted molar refractivity (Wildman–Crippen MR) is 88.4 cm³/mol. The van der Waals surface area contributed by atoms with E-state index in [0.29, 0.717) is 13.0 Å². The van der Waals surface area contributed by atoms with Crippen LogP contribution < -0.4 is 10.0 Å². The number of carbonyl (C=O) groups is 1. The first-order valence-electron chi connectivity index (χ1n) is 7.34. The third-order valence-corrected chi connectivity index (χ3v) is 4.93. The predicted octanol–water partition coefficient (Wildman–Crippen LogP) is 1.01. The normalized spacial score (nSPS) is 13.0. The maximum atomic E-state index is 12.4. The SMILES string of the molecule is C[C@@H](NS(=O)(=O)c1ccc2ccccc2c1)C(=O)NCCCO. The lowest BCUT2D eigenvalue weighted by atomic mass is 10.1. The zero-order chi connectivity index (χ0) is 16.9. The minimum atomic E-state index is -3.79.